The normalized spacial score (nSPS) is 10.2. The highest BCUT2D eigenvalue weighted by Crippen LogP contribution is 2.24. The van der Waals surface area contributed by atoms with Crippen LogP contribution in [0.3, 0.4) is 0 Å². The molecule has 126 valence electrons. The van der Waals surface area contributed by atoms with Crippen molar-refractivity contribution in [3.63, 3.8) is 0 Å². The van der Waals surface area contributed by atoms with Crippen molar-refractivity contribution in [2.75, 3.05) is 5.32 Å². The number of benzene rings is 2. The van der Waals surface area contributed by atoms with Crippen LogP contribution in [-0.2, 0) is 11.3 Å². The number of aromatic nitrogens is 1. The topological polar surface area (TPSA) is 102 Å². The maximum Gasteiger partial charge on any atom is 0.411 e. The van der Waals surface area contributed by atoms with E-state index in [0.717, 1.165) is 5.56 Å². The van der Waals surface area contributed by atoms with Crippen LogP contribution in [-0.4, -0.2) is 22.2 Å². The van der Waals surface area contributed by atoms with Gasteiger partial charge in [0.1, 0.15) is 12.9 Å². The quantitative estimate of drug-likeness (QED) is 0.734. The van der Waals surface area contributed by atoms with Gasteiger partial charge < -0.3 is 14.3 Å². The second-order valence-electron chi connectivity index (χ2n) is 5.13. The molecule has 1 amide bonds. The Hall–Kier alpha value is -3.61. The third kappa shape index (κ3) is 4.23. The largest absolute Gasteiger partial charge is 0.478 e. The van der Waals surface area contributed by atoms with E-state index in [1.807, 2.05) is 30.3 Å². The van der Waals surface area contributed by atoms with Crippen molar-refractivity contribution in [2.45, 2.75) is 6.61 Å². The summed E-state index contributed by atoms with van der Waals surface area (Å²) in [6.45, 7) is 0.109. The molecule has 7 nitrogen and oxygen atoms in total. The van der Waals surface area contributed by atoms with Crippen LogP contribution in [0.4, 0.5) is 10.5 Å². The van der Waals surface area contributed by atoms with Crippen LogP contribution in [0.1, 0.15) is 15.9 Å². The maximum absolute atomic E-state index is 11.9. The number of rotatable bonds is 5. The first-order chi connectivity index (χ1) is 12.1. The van der Waals surface area contributed by atoms with Crippen LogP contribution in [0.5, 0.6) is 0 Å². The van der Waals surface area contributed by atoms with Crippen molar-refractivity contribution in [3.8, 4) is 11.5 Å². The summed E-state index contributed by atoms with van der Waals surface area (Å²) in [6.07, 6.45) is 2.14. The highest BCUT2D eigenvalue weighted by atomic mass is 16.5. The second kappa shape index (κ2) is 7.31. The van der Waals surface area contributed by atoms with Gasteiger partial charge in [-0.05, 0) is 23.8 Å². The van der Waals surface area contributed by atoms with Crippen LogP contribution >= 0.6 is 0 Å². The molecule has 0 fully saturated rings. The fourth-order valence-corrected chi connectivity index (χ4v) is 2.19. The monoisotopic (exact) mass is 338 g/mol. The average molecular weight is 338 g/mol. The molecular formula is C18H14N2O5. The molecule has 3 aromatic rings. The number of nitrogens with one attached hydrogen (secondary N) is 1. The summed E-state index contributed by atoms with van der Waals surface area (Å²) in [4.78, 5) is 27.2. The maximum atomic E-state index is 11.9. The van der Waals surface area contributed by atoms with Crippen LogP contribution in [0.25, 0.3) is 11.5 Å². The minimum absolute atomic E-state index is 0.00550. The van der Waals surface area contributed by atoms with Crippen molar-refractivity contribution in [1.29, 1.82) is 0 Å². The van der Waals surface area contributed by atoms with Crippen molar-refractivity contribution in [1.82, 2.24) is 4.98 Å². The predicted molar refractivity (Wildman–Crippen MR) is 89.1 cm³/mol. The van der Waals surface area contributed by atoms with Crippen LogP contribution < -0.4 is 5.32 Å². The van der Waals surface area contributed by atoms with E-state index >= 15 is 0 Å². The Morgan fingerprint density at radius 1 is 1.16 bits per heavy atom. The number of oxazole rings is 1. The number of carboxylic acid groups (broad SMARTS) is 1. The Morgan fingerprint density at radius 2 is 1.96 bits per heavy atom. The molecule has 0 unspecified atom stereocenters. The van der Waals surface area contributed by atoms with Gasteiger partial charge in [-0.1, -0.05) is 30.3 Å². The first-order valence-corrected chi connectivity index (χ1v) is 7.38. The third-order valence-electron chi connectivity index (χ3n) is 3.32. The van der Waals surface area contributed by atoms with Gasteiger partial charge in [0.05, 0.1) is 11.8 Å². The van der Waals surface area contributed by atoms with Gasteiger partial charge in [-0.15, -0.1) is 0 Å². The lowest BCUT2D eigenvalue weighted by Gasteiger charge is -2.09. The first-order valence-electron chi connectivity index (χ1n) is 7.38. The molecular weight excluding hydrogens is 324 g/mol. The van der Waals surface area contributed by atoms with E-state index in [9.17, 15) is 14.7 Å². The van der Waals surface area contributed by atoms with Crippen molar-refractivity contribution >= 4 is 17.7 Å². The summed E-state index contributed by atoms with van der Waals surface area (Å²) in [5.74, 6) is -0.877. The predicted octanol–water partition coefficient (Wildman–Crippen LogP) is 3.79. The molecule has 3 rings (SSSR count). The number of carbonyl (C=O) groups is 2. The van der Waals surface area contributed by atoms with Gasteiger partial charge in [-0.3, -0.25) is 5.32 Å². The molecule has 0 atom stereocenters. The number of carboxylic acids is 1. The third-order valence-corrected chi connectivity index (χ3v) is 3.32. The zero-order chi connectivity index (χ0) is 17.6. The SMILES string of the molecule is O=C(Nc1cc(C(=O)O)cc(-c2ncco2)c1)OCc1ccccc1. The number of nitrogens with zero attached hydrogens (tertiary/aromatic N) is 1. The van der Waals surface area contributed by atoms with Gasteiger partial charge in [-0.2, -0.15) is 0 Å². The molecule has 2 N–H and O–H groups in total. The zero-order valence-electron chi connectivity index (χ0n) is 13.0. The molecule has 0 aliphatic carbocycles. The molecule has 7 heteroatoms. The number of ether oxygens (including phenoxy) is 1. The Morgan fingerprint density at radius 3 is 2.64 bits per heavy atom. The van der Waals surface area contributed by atoms with Gasteiger partial charge in [0, 0.05) is 11.3 Å². The summed E-state index contributed by atoms with van der Waals surface area (Å²) in [5.41, 5.74) is 1.54. The molecule has 2 aromatic carbocycles. The van der Waals surface area contributed by atoms with Crippen LogP contribution in [0, 0.1) is 0 Å². The van der Waals surface area contributed by atoms with Crippen molar-refractivity contribution in [2.24, 2.45) is 0 Å². The minimum Gasteiger partial charge on any atom is -0.478 e. The fraction of sp³-hybridized carbons (Fsp3) is 0.0556. The molecule has 0 saturated heterocycles. The Labute approximate surface area is 142 Å². The molecule has 0 saturated carbocycles. The lowest BCUT2D eigenvalue weighted by Crippen LogP contribution is -2.14. The molecule has 0 radical (unpaired) electrons. The van der Waals surface area contributed by atoms with E-state index in [0.29, 0.717) is 5.56 Å². The summed E-state index contributed by atoms with van der Waals surface area (Å²) < 4.78 is 10.3. The van der Waals surface area contributed by atoms with Crippen molar-refractivity contribution < 1.29 is 23.8 Å². The molecule has 0 bridgehead atoms. The van der Waals surface area contributed by atoms with E-state index in [1.54, 1.807) is 6.07 Å². The van der Waals surface area contributed by atoms with Gasteiger partial charge >= 0.3 is 12.1 Å². The van der Waals surface area contributed by atoms with Gasteiger partial charge in [0.25, 0.3) is 0 Å². The number of carbonyl (C=O) groups excluding carboxylic acids is 1. The number of anilines is 1. The lowest BCUT2D eigenvalue weighted by atomic mass is 10.1. The molecule has 0 spiro atoms. The fourth-order valence-electron chi connectivity index (χ4n) is 2.19. The smallest absolute Gasteiger partial charge is 0.411 e. The Balaban J connectivity index is 1.74. The number of amides is 1. The van der Waals surface area contributed by atoms with Gasteiger partial charge in [0.15, 0.2) is 0 Å². The minimum atomic E-state index is -1.13. The first kappa shape index (κ1) is 16.3. The van der Waals surface area contributed by atoms with Crippen LogP contribution in [0.2, 0.25) is 0 Å². The van der Waals surface area contributed by atoms with Crippen molar-refractivity contribution in [3.05, 3.63) is 72.1 Å². The van der Waals surface area contributed by atoms with Crippen LogP contribution in [0.15, 0.2) is 65.4 Å². The van der Waals surface area contributed by atoms with E-state index in [2.05, 4.69) is 10.3 Å². The number of aromatic carboxylic acids is 1. The average Bonchev–Trinajstić information content (AvgIpc) is 3.15. The van der Waals surface area contributed by atoms with Gasteiger partial charge in [0.2, 0.25) is 5.89 Å². The highest BCUT2D eigenvalue weighted by Gasteiger charge is 2.13. The zero-order valence-corrected chi connectivity index (χ0v) is 13.0. The summed E-state index contributed by atoms with van der Waals surface area (Å²) in [7, 11) is 0. The number of hydrogen-bond acceptors (Lipinski definition) is 5. The summed E-state index contributed by atoms with van der Waals surface area (Å²) in [6, 6.07) is 13.5. The molecule has 1 heterocycles. The summed E-state index contributed by atoms with van der Waals surface area (Å²) >= 11 is 0. The Kier molecular flexibility index (Phi) is 4.75. The summed E-state index contributed by atoms with van der Waals surface area (Å²) in [5, 5.41) is 11.7. The van der Waals surface area contributed by atoms with E-state index in [-0.39, 0.29) is 23.7 Å². The lowest BCUT2D eigenvalue weighted by molar-refractivity contribution is 0.0697. The second-order valence-corrected chi connectivity index (χ2v) is 5.13. The standard InChI is InChI=1S/C18H14N2O5/c21-17(22)14-8-13(16-19-6-7-24-16)9-15(10-14)20-18(23)25-11-12-4-2-1-3-5-12/h1-10H,11H2,(H,20,23)(H,21,22). The highest BCUT2D eigenvalue weighted by molar-refractivity contribution is 5.93. The molecule has 1 aromatic heterocycles. The molecule has 0 aliphatic heterocycles. The molecule has 0 aliphatic rings. The van der Waals surface area contributed by atoms with Gasteiger partial charge in [-0.25, -0.2) is 14.6 Å². The Bertz CT molecular complexity index is 876. The van der Waals surface area contributed by atoms with E-state index in [4.69, 9.17) is 9.15 Å². The van der Waals surface area contributed by atoms with E-state index in [1.165, 1.54) is 24.6 Å². The van der Waals surface area contributed by atoms with E-state index < -0.39 is 12.1 Å². The number of hydrogen-bond donors (Lipinski definition) is 2. The molecule has 25 heavy (non-hydrogen) atoms.